The predicted molar refractivity (Wildman–Crippen MR) is 88.2 cm³/mol. The van der Waals surface area contributed by atoms with Crippen molar-refractivity contribution in [1.82, 2.24) is 29.6 Å². The average Bonchev–Trinajstić information content (AvgIpc) is 3.36. The van der Waals surface area contributed by atoms with Gasteiger partial charge in [0.25, 0.3) is 5.95 Å². The number of nitrogens with one attached hydrogen (secondary N) is 1. The first-order chi connectivity index (χ1) is 11.3. The van der Waals surface area contributed by atoms with Crippen LogP contribution in [0.2, 0.25) is 0 Å². The van der Waals surface area contributed by atoms with Gasteiger partial charge < -0.3 is 0 Å². The molecular formula is C17H20N6. The summed E-state index contributed by atoms with van der Waals surface area (Å²) in [4.78, 5) is 11.1. The van der Waals surface area contributed by atoms with Crippen molar-refractivity contribution < 1.29 is 0 Å². The molecule has 3 heterocycles. The number of nitrogens with zero attached hydrogens (tertiary/aromatic N) is 5. The Morgan fingerprint density at radius 2 is 1.91 bits per heavy atom. The normalized spacial score (nSPS) is 16.7. The van der Waals surface area contributed by atoms with E-state index in [1.165, 1.54) is 31.5 Å². The molecule has 1 N–H and O–H groups in total. The summed E-state index contributed by atoms with van der Waals surface area (Å²) in [5.74, 6) is 1.38. The molecule has 1 fully saturated rings. The fourth-order valence-corrected chi connectivity index (χ4v) is 3.13. The number of H-pyrrole nitrogens is 1. The van der Waals surface area contributed by atoms with Crippen molar-refractivity contribution in [3.05, 3.63) is 48.5 Å². The lowest BCUT2D eigenvalue weighted by Gasteiger charge is -2.24. The number of aromatic amines is 1. The lowest BCUT2D eigenvalue weighted by Crippen LogP contribution is -2.23. The first kappa shape index (κ1) is 14.1. The standard InChI is InChI=1S/C17H20N6/c1-13(22-9-2-3-10-22)14-4-6-15(7-5-14)16-19-17(21-20-16)23-11-8-18-12-23/h4-8,11-13H,2-3,9-10H2,1H3,(H,19,20,21). The van der Waals surface area contributed by atoms with E-state index in [1.807, 2.05) is 6.20 Å². The van der Waals surface area contributed by atoms with Gasteiger partial charge in [-0.3, -0.25) is 14.6 Å². The van der Waals surface area contributed by atoms with Gasteiger partial charge in [-0.1, -0.05) is 24.3 Å². The van der Waals surface area contributed by atoms with Gasteiger partial charge in [0.15, 0.2) is 5.82 Å². The summed E-state index contributed by atoms with van der Waals surface area (Å²) in [6, 6.07) is 9.08. The van der Waals surface area contributed by atoms with Gasteiger partial charge in [0.1, 0.15) is 6.33 Å². The largest absolute Gasteiger partial charge is 0.297 e. The number of benzene rings is 1. The van der Waals surface area contributed by atoms with Crippen LogP contribution in [0.1, 0.15) is 31.4 Å². The lowest BCUT2D eigenvalue weighted by atomic mass is 10.0. The first-order valence-electron chi connectivity index (χ1n) is 8.06. The van der Waals surface area contributed by atoms with Crippen LogP contribution in [0.15, 0.2) is 43.0 Å². The lowest BCUT2D eigenvalue weighted by molar-refractivity contribution is 0.263. The average molecular weight is 308 g/mol. The van der Waals surface area contributed by atoms with E-state index in [9.17, 15) is 0 Å². The van der Waals surface area contributed by atoms with Gasteiger partial charge in [0.05, 0.1) is 0 Å². The predicted octanol–water partition coefficient (Wildman–Crippen LogP) is 2.81. The summed E-state index contributed by atoms with van der Waals surface area (Å²) in [7, 11) is 0. The molecule has 3 aromatic rings. The van der Waals surface area contributed by atoms with Crippen molar-refractivity contribution in [3.8, 4) is 17.3 Å². The van der Waals surface area contributed by atoms with Gasteiger partial charge in [-0.2, -0.15) is 4.98 Å². The molecular weight excluding hydrogens is 288 g/mol. The molecule has 1 aromatic carbocycles. The van der Waals surface area contributed by atoms with E-state index in [0.29, 0.717) is 12.0 Å². The Kier molecular flexibility index (Phi) is 3.67. The Bertz CT molecular complexity index is 753. The third-order valence-electron chi connectivity index (χ3n) is 4.56. The van der Waals surface area contributed by atoms with E-state index >= 15 is 0 Å². The van der Waals surface area contributed by atoms with Gasteiger partial charge in [-0.25, -0.2) is 4.98 Å². The van der Waals surface area contributed by atoms with Crippen LogP contribution in [0.25, 0.3) is 17.3 Å². The number of imidazole rings is 1. The van der Waals surface area contributed by atoms with Crippen LogP contribution in [0.5, 0.6) is 0 Å². The molecule has 6 nitrogen and oxygen atoms in total. The first-order valence-corrected chi connectivity index (χ1v) is 8.06. The maximum atomic E-state index is 4.52. The second-order valence-corrected chi connectivity index (χ2v) is 6.00. The van der Waals surface area contributed by atoms with Crippen molar-refractivity contribution in [1.29, 1.82) is 0 Å². The molecule has 0 spiro atoms. The topological polar surface area (TPSA) is 62.6 Å². The van der Waals surface area contributed by atoms with Gasteiger partial charge in [0, 0.05) is 24.0 Å². The van der Waals surface area contributed by atoms with E-state index in [1.54, 1.807) is 17.1 Å². The Hall–Kier alpha value is -2.47. The van der Waals surface area contributed by atoms with Crippen molar-refractivity contribution in [2.75, 3.05) is 13.1 Å². The number of aromatic nitrogens is 5. The molecule has 1 atom stereocenters. The van der Waals surface area contributed by atoms with Crippen LogP contribution in [0, 0.1) is 0 Å². The Labute approximate surface area is 135 Å². The highest BCUT2D eigenvalue weighted by Crippen LogP contribution is 2.26. The van der Waals surface area contributed by atoms with Crippen LogP contribution in [-0.2, 0) is 0 Å². The van der Waals surface area contributed by atoms with Crippen molar-refractivity contribution in [2.24, 2.45) is 0 Å². The van der Waals surface area contributed by atoms with Crippen LogP contribution >= 0.6 is 0 Å². The SMILES string of the molecule is CC(c1ccc(-c2nc(-n3ccnc3)n[nH]2)cc1)N1CCCC1. The van der Waals surface area contributed by atoms with Gasteiger partial charge in [0.2, 0.25) is 0 Å². The molecule has 118 valence electrons. The maximum Gasteiger partial charge on any atom is 0.254 e. The molecule has 4 rings (SSSR count). The summed E-state index contributed by atoms with van der Waals surface area (Å²) < 4.78 is 1.78. The quantitative estimate of drug-likeness (QED) is 0.805. The molecule has 1 aliphatic heterocycles. The van der Waals surface area contributed by atoms with E-state index in [4.69, 9.17) is 0 Å². The Morgan fingerprint density at radius 1 is 1.13 bits per heavy atom. The zero-order valence-electron chi connectivity index (χ0n) is 13.2. The van der Waals surface area contributed by atoms with Gasteiger partial charge in [-0.15, -0.1) is 5.10 Å². The molecule has 6 heteroatoms. The van der Waals surface area contributed by atoms with Crippen molar-refractivity contribution in [2.45, 2.75) is 25.8 Å². The monoisotopic (exact) mass is 308 g/mol. The number of rotatable bonds is 4. The zero-order valence-corrected chi connectivity index (χ0v) is 13.2. The summed E-state index contributed by atoms with van der Waals surface area (Å²) in [6.07, 6.45) is 7.86. The smallest absolute Gasteiger partial charge is 0.254 e. The van der Waals surface area contributed by atoms with Crippen LogP contribution in [-0.4, -0.2) is 42.7 Å². The number of likely N-dealkylation sites (tertiary alicyclic amines) is 1. The molecule has 0 bridgehead atoms. The van der Waals surface area contributed by atoms with E-state index in [2.05, 4.69) is 56.3 Å². The van der Waals surface area contributed by atoms with Gasteiger partial charge in [-0.05, 0) is 38.4 Å². The maximum absolute atomic E-state index is 4.52. The zero-order chi connectivity index (χ0) is 15.6. The molecule has 1 aliphatic rings. The molecule has 23 heavy (non-hydrogen) atoms. The fourth-order valence-electron chi connectivity index (χ4n) is 3.13. The summed E-state index contributed by atoms with van der Waals surface area (Å²) in [5.41, 5.74) is 2.39. The second-order valence-electron chi connectivity index (χ2n) is 6.00. The van der Waals surface area contributed by atoms with E-state index < -0.39 is 0 Å². The van der Waals surface area contributed by atoms with E-state index in [0.717, 1.165) is 11.4 Å². The molecule has 1 saturated heterocycles. The molecule has 0 saturated carbocycles. The molecule has 1 unspecified atom stereocenters. The van der Waals surface area contributed by atoms with Crippen LogP contribution in [0.3, 0.4) is 0 Å². The Morgan fingerprint density at radius 3 is 2.61 bits per heavy atom. The highest BCUT2D eigenvalue weighted by Gasteiger charge is 2.19. The molecule has 0 aliphatic carbocycles. The van der Waals surface area contributed by atoms with Crippen molar-refractivity contribution >= 4 is 0 Å². The third-order valence-corrected chi connectivity index (χ3v) is 4.56. The van der Waals surface area contributed by atoms with Crippen LogP contribution < -0.4 is 0 Å². The highest BCUT2D eigenvalue weighted by molar-refractivity contribution is 5.55. The molecule has 2 aromatic heterocycles. The van der Waals surface area contributed by atoms with Gasteiger partial charge >= 0.3 is 0 Å². The third kappa shape index (κ3) is 2.77. The summed E-state index contributed by atoms with van der Waals surface area (Å²) in [5, 5.41) is 7.23. The molecule has 0 amide bonds. The summed E-state index contributed by atoms with van der Waals surface area (Å²) >= 11 is 0. The highest BCUT2D eigenvalue weighted by atomic mass is 15.3. The Balaban J connectivity index is 1.54. The fraction of sp³-hybridized carbons (Fsp3) is 0.353. The molecule has 0 radical (unpaired) electrons. The second kappa shape index (κ2) is 5.96. The minimum atomic E-state index is 0.475. The number of hydrogen-bond donors (Lipinski definition) is 1. The number of hydrogen-bond acceptors (Lipinski definition) is 4. The summed E-state index contributed by atoms with van der Waals surface area (Å²) in [6.45, 7) is 4.70. The minimum Gasteiger partial charge on any atom is -0.297 e. The minimum absolute atomic E-state index is 0.475. The van der Waals surface area contributed by atoms with Crippen LogP contribution in [0.4, 0.5) is 0 Å². The van der Waals surface area contributed by atoms with E-state index in [-0.39, 0.29) is 0 Å². The van der Waals surface area contributed by atoms with Crippen molar-refractivity contribution in [3.63, 3.8) is 0 Å².